The average Bonchev–Trinajstić information content (AvgIpc) is 2.85. The highest BCUT2D eigenvalue weighted by molar-refractivity contribution is 9.10. The first kappa shape index (κ1) is 40.5. The third-order valence-electron chi connectivity index (χ3n) is 4.78. The predicted octanol–water partition coefficient (Wildman–Crippen LogP) is 4.59. The van der Waals surface area contributed by atoms with Crippen molar-refractivity contribution < 1.29 is 47.3 Å². The van der Waals surface area contributed by atoms with Crippen molar-refractivity contribution in [2.24, 2.45) is 0 Å². The molecule has 230 valence electrons. The van der Waals surface area contributed by atoms with E-state index >= 15 is 0 Å². The van der Waals surface area contributed by atoms with Crippen molar-refractivity contribution in [2.75, 3.05) is 52.9 Å². The van der Waals surface area contributed by atoms with Gasteiger partial charge >= 0.3 is 17.9 Å². The van der Waals surface area contributed by atoms with Gasteiger partial charge in [-0.15, -0.1) is 0 Å². The Balaban J connectivity index is 0. The molecular formula is C25H48Br2O10Si2. The summed E-state index contributed by atoms with van der Waals surface area (Å²) < 4.78 is 32.2. The summed E-state index contributed by atoms with van der Waals surface area (Å²) in [4.78, 5) is 32.2. The topological polar surface area (TPSA) is 127 Å². The molecule has 0 aliphatic carbocycles. The molecule has 10 nitrogen and oxygen atoms in total. The van der Waals surface area contributed by atoms with Crippen LogP contribution in [0.15, 0.2) is 12.7 Å². The third-order valence-corrected chi connectivity index (χ3v) is 13.1. The van der Waals surface area contributed by atoms with Crippen molar-refractivity contribution in [2.45, 2.75) is 74.6 Å². The number of carbonyl (C=O) groups excluding carboxylic acids is 3. The third kappa shape index (κ3) is 27.3. The lowest BCUT2D eigenvalue weighted by Crippen LogP contribution is -2.44. The van der Waals surface area contributed by atoms with E-state index in [2.05, 4.69) is 69.4 Å². The van der Waals surface area contributed by atoms with Crippen LogP contribution in [-0.2, 0) is 42.2 Å². The lowest BCUT2D eigenvalue weighted by atomic mass is 10.5. The molecule has 0 aliphatic heterocycles. The van der Waals surface area contributed by atoms with Crippen LogP contribution in [0.5, 0.6) is 0 Å². The second-order valence-corrected chi connectivity index (χ2v) is 21.3. The van der Waals surface area contributed by atoms with Gasteiger partial charge in [0.2, 0.25) is 0 Å². The van der Waals surface area contributed by atoms with Gasteiger partial charge in [-0.2, -0.15) is 0 Å². The maximum absolute atomic E-state index is 11.3. The first-order valence-corrected chi connectivity index (χ1v) is 21.1. The normalized spacial score (nSPS) is 12.9. The maximum atomic E-state index is 11.3. The van der Waals surface area contributed by atoms with Crippen LogP contribution in [-0.4, -0.2) is 102 Å². The van der Waals surface area contributed by atoms with Crippen LogP contribution in [0, 0.1) is 0 Å². The number of aliphatic hydroxyl groups is 1. The Labute approximate surface area is 253 Å². The summed E-state index contributed by atoms with van der Waals surface area (Å²) >= 11 is 6.34. The molecule has 0 aromatic rings. The number of hydrogen-bond acceptors (Lipinski definition) is 10. The highest BCUT2D eigenvalue weighted by Crippen LogP contribution is 2.23. The van der Waals surface area contributed by atoms with Gasteiger partial charge in [-0.05, 0) is 65.0 Å². The first-order chi connectivity index (χ1) is 18.2. The van der Waals surface area contributed by atoms with E-state index in [1.54, 1.807) is 13.8 Å². The first-order valence-electron chi connectivity index (χ1n) is 13.0. The average molecular weight is 725 g/mol. The van der Waals surface area contributed by atoms with E-state index in [0.717, 1.165) is 31.0 Å². The standard InChI is InChI=1S/C20H40Br2O7Si2.C5H8O3/c1-17(21)19(23)27-13-11-25-9-7-15-30(3,4)29-31(5,6)16-8-10-26-12-14-28-20(24)18(2)22;1-2-5(7)8-4-3-6/h17-18H,7-16H2,1-6H3;2,6H,1,3-4H2. The molecule has 0 rings (SSSR count). The zero-order valence-electron chi connectivity index (χ0n) is 24.3. The number of hydrogen-bond donors (Lipinski definition) is 1. The number of esters is 3. The van der Waals surface area contributed by atoms with Crippen LogP contribution in [0.4, 0.5) is 0 Å². The van der Waals surface area contributed by atoms with Crippen molar-refractivity contribution in [1.82, 2.24) is 0 Å². The molecule has 0 aromatic heterocycles. The van der Waals surface area contributed by atoms with Crippen LogP contribution in [0.3, 0.4) is 0 Å². The molecule has 14 heteroatoms. The number of ether oxygens (including phenoxy) is 5. The Morgan fingerprint density at radius 2 is 1.15 bits per heavy atom. The monoisotopic (exact) mass is 722 g/mol. The van der Waals surface area contributed by atoms with Crippen molar-refractivity contribution in [3.05, 3.63) is 12.7 Å². The maximum Gasteiger partial charge on any atom is 0.330 e. The minimum atomic E-state index is -1.76. The summed E-state index contributed by atoms with van der Waals surface area (Å²) in [6.07, 6.45) is 2.94. The Bertz CT molecular complexity index is 648. The molecule has 2 atom stereocenters. The number of rotatable bonds is 21. The molecule has 1 N–H and O–H groups in total. The van der Waals surface area contributed by atoms with Crippen LogP contribution in [0.1, 0.15) is 26.7 Å². The van der Waals surface area contributed by atoms with Gasteiger partial charge < -0.3 is 32.9 Å². The fourth-order valence-corrected chi connectivity index (χ4v) is 12.1. The summed E-state index contributed by atoms with van der Waals surface area (Å²) in [7, 11) is -3.51. The molecule has 0 radical (unpaired) electrons. The second kappa shape index (κ2) is 24.0. The van der Waals surface area contributed by atoms with Crippen LogP contribution < -0.4 is 0 Å². The van der Waals surface area contributed by atoms with Crippen molar-refractivity contribution in [3.63, 3.8) is 0 Å². The Kier molecular flexibility index (Phi) is 25.0. The number of halogens is 2. The van der Waals surface area contributed by atoms with Gasteiger partial charge in [0.15, 0.2) is 16.6 Å². The quantitative estimate of drug-likeness (QED) is 0.0449. The van der Waals surface area contributed by atoms with Crippen LogP contribution >= 0.6 is 31.9 Å². The molecule has 0 aromatic carbocycles. The molecule has 0 aliphatic rings. The zero-order chi connectivity index (χ0) is 30.3. The van der Waals surface area contributed by atoms with Gasteiger partial charge in [-0.25, -0.2) is 4.79 Å². The second-order valence-electron chi connectivity index (χ2n) is 9.72. The summed E-state index contributed by atoms with van der Waals surface area (Å²) in [5, 5.41) is 8.10. The zero-order valence-corrected chi connectivity index (χ0v) is 29.5. The van der Waals surface area contributed by atoms with E-state index in [0.29, 0.717) is 26.4 Å². The van der Waals surface area contributed by atoms with Gasteiger partial charge in [0.05, 0.1) is 19.8 Å². The largest absolute Gasteiger partial charge is 0.462 e. The van der Waals surface area contributed by atoms with Gasteiger partial charge in [0.1, 0.15) is 29.5 Å². The van der Waals surface area contributed by atoms with E-state index in [4.69, 9.17) is 28.2 Å². The highest BCUT2D eigenvalue weighted by Gasteiger charge is 2.32. The smallest absolute Gasteiger partial charge is 0.330 e. The van der Waals surface area contributed by atoms with Gasteiger partial charge in [-0.3, -0.25) is 9.59 Å². The van der Waals surface area contributed by atoms with Crippen molar-refractivity contribution >= 4 is 66.4 Å². The fourth-order valence-electron chi connectivity index (χ4n) is 3.09. The summed E-state index contributed by atoms with van der Waals surface area (Å²) in [5.41, 5.74) is 0. The van der Waals surface area contributed by atoms with Gasteiger partial charge in [-0.1, -0.05) is 38.4 Å². The minimum Gasteiger partial charge on any atom is -0.462 e. The molecule has 2 unspecified atom stereocenters. The van der Waals surface area contributed by atoms with E-state index < -0.39 is 22.6 Å². The van der Waals surface area contributed by atoms with Gasteiger partial charge in [0, 0.05) is 19.3 Å². The Hall–Kier alpha value is -0.616. The van der Waals surface area contributed by atoms with Crippen molar-refractivity contribution in [3.8, 4) is 0 Å². The van der Waals surface area contributed by atoms with Crippen LogP contribution in [0.25, 0.3) is 0 Å². The van der Waals surface area contributed by atoms with E-state index in [-0.39, 0.29) is 48.0 Å². The lowest BCUT2D eigenvalue weighted by molar-refractivity contribution is -0.144. The predicted molar refractivity (Wildman–Crippen MR) is 163 cm³/mol. The molecule has 0 bridgehead atoms. The summed E-state index contributed by atoms with van der Waals surface area (Å²) in [6, 6.07) is 2.07. The molecule has 0 fully saturated rings. The SMILES string of the molecule is C=CC(=O)OCCO.CC(Br)C(=O)OCCOCCC[Si](C)(C)O[Si](C)(C)CCCOCCOC(=O)C(C)Br. The molecule has 0 amide bonds. The summed E-state index contributed by atoms with van der Waals surface area (Å²) in [6.45, 7) is 18.3. The molecular weight excluding hydrogens is 676 g/mol. The molecule has 39 heavy (non-hydrogen) atoms. The highest BCUT2D eigenvalue weighted by atomic mass is 79.9. The molecule has 0 saturated carbocycles. The van der Waals surface area contributed by atoms with E-state index in [1.807, 2.05) is 0 Å². The number of aliphatic hydroxyl groups excluding tert-OH is 1. The molecule has 0 heterocycles. The lowest BCUT2D eigenvalue weighted by Gasteiger charge is -2.34. The Morgan fingerprint density at radius 1 is 0.744 bits per heavy atom. The van der Waals surface area contributed by atoms with Crippen molar-refractivity contribution in [1.29, 1.82) is 0 Å². The fraction of sp³-hybridized carbons (Fsp3) is 0.800. The van der Waals surface area contributed by atoms with Crippen LogP contribution in [0.2, 0.25) is 38.3 Å². The van der Waals surface area contributed by atoms with E-state index in [1.165, 1.54) is 0 Å². The van der Waals surface area contributed by atoms with Gasteiger partial charge in [0.25, 0.3) is 0 Å². The molecule has 0 spiro atoms. The number of carbonyl (C=O) groups is 3. The number of alkyl halides is 2. The summed E-state index contributed by atoms with van der Waals surface area (Å²) in [5.74, 6) is -1.04. The Morgan fingerprint density at radius 3 is 1.49 bits per heavy atom. The minimum absolute atomic E-state index is 0.0465. The molecule has 0 saturated heterocycles. The van der Waals surface area contributed by atoms with E-state index in [9.17, 15) is 14.4 Å².